The molecule has 1 aliphatic carbocycles. The Morgan fingerprint density at radius 3 is 2.05 bits per heavy atom. The number of carbonyl (C=O) groups excluding carboxylic acids is 5. The molecular weight excluding hydrogens is 520 g/mol. The molecule has 0 spiro atoms. The van der Waals surface area contributed by atoms with E-state index in [1.807, 2.05) is 37.3 Å². The first kappa shape index (κ1) is 31.5. The molecule has 3 atom stereocenters. The molecule has 1 aliphatic rings. The molecule has 4 amide bonds. The average molecular weight is 563 g/mol. The van der Waals surface area contributed by atoms with Gasteiger partial charge in [-0.05, 0) is 43.9 Å². The van der Waals surface area contributed by atoms with E-state index in [1.165, 1.54) is 6.92 Å². The van der Waals surface area contributed by atoms with E-state index in [-0.39, 0.29) is 12.5 Å². The third-order valence-corrected chi connectivity index (χ3v) is 7.34. The van der Waals surface area contributed by atoms with Crippen LogP contribution in [-0.4, -0.2) is 53.6 Å². The molecule has 2 aromatic rings. The minimum absolute atomic E-state index is 0.0198. The molecule has 4 N–H and O–H groups in total. The van der Waals surface area contributed by atoms with Crippen LogP contribution in [0.3, 0.4) is 0 Å². The van der Waals surface area contributed by atoms with Gasteiger partial charge in [-0.3, -0.25) is 24.0 Å². The Morgan fingerprint density at radius 2 is 1.41 bits per heavy atom. The second-order valence-corrected chi connectivity index (χ2v) is 10.7. The van der Waals surface area contributed by atoms with Crippen molar-refractivity contribution in [3.05, 3.63) is 71.8 Å². The predicted octanol–water partition coefficient (Wildman–Crippen LogP) is 3.23. The number of nitrogens with one attached hydrogen (secondary N) is 4. The van der Waals surface area contributed by atoms with Crippen molar-refractivity contribution in [1.29, 1.82) is 0 Å². The van der Waals surface area contributed by atoms with Gasteiger partial charge in [-0.2, -0.15) is 0 Å². The molecular formula is C32H42N4O5. The van der Waals surface area contributed by atoms with E-state index in [4.69, 9.17) is 0 Å². The van der Waals surface area contributed by atoms with E-state index in [9.17, 15) is 24.0 Å². The molecule has 1 saturated carbocycles. The highest BCUT2D eigenvalue weighted by Crippen LogP contribution is 2.17. The van der Waals surface area contributed by atoms with Crippen LogP contribution in [0.2, 0.25) is 0 Å². The number of Topliss-reactive ketones (excluding diaryl/α,β-unsaturated/α-hetero) is 1. The monoisotopic (exact) mass is 562 g/mol. The molecule has 0 saturated heterocycles. The van der Waals surface area contributed by atoms with Crippen molar-refractivity contribution >= 4 is 29.4 Å². The first-order valence-corrected chi connectivity index (χ1v) is 14.6. The van der Waals surface area contributed by atoms with Crippen LogP contribution in [-0.2, 0) is 25.6 Å². The number of hydrogen-bond donors (Lipinski definition) is 4. The van der Waals surface area contributed by atoms with E-state index >= 15 is 0 Å². The fraction of sp³-hybridized carbons (Fsp3) is 0.469. The molecule has 2 aromatic carbocycles. The second kappa shape index (κ2) is 16.3. The van der Waals surface area contributed by atoms with Gasteiger partial charge in [0.05, 0.1) is 6.04 Å². The minimum atomic E-state index is -1.01. The quantitative estimate of drug-likeness (QED) is 0.263. The summed E-state index contributed by atoms with van der Waals surface area (Å²) in [6.07, 6.45) is 6.84. The van der Waals surface area contributed by atoms with E-state index in [0.717, 1.165) is 44.1 Å². The third kappa shape index (κ3) is 10.2. The van der Waals surface area contributed by atoms with E-state index in [1.54, 1.807) is 30.3 Å². The molecule has 0 radical (unpaired) electrons. The lowest BCUT2D eigenvalue weighted by Gasteiger charge is -2.25. The van der Waals surface area contributed by atoms with Crippen molar-refractivity contribution in [2.75, 3.05) is 0 Å². The number of benzene rings is 2. The molecule has 9 heteroatoms. The molecule has 0 bridgehead atoms. The highest BCUT2D eigenvalue weighted by Gasteiger charge is 2.31. The summed E-state index contributed by atoms with van der Waals surface area (Å²) < 4.78 is 0. The smallest absolute Gasteiger partial charge is 0.289 e. The van der Waals surface area contributed by atoms with Gasteiger partial charge in [-0.15, -0.1) is 0 Å². The Kier molecular flexibility index (Phi) is 12.5. The Balaban J connectivity index is 1.64. The van der Waals surface area contributed by atoms with Crippen LogP contribution in [0, 0.1) is 0 Å². The number of carbonyl (C=O) groups is 5. The van der Waals surface area contributed by atoms with Crippen molar-refractivity contribution in [2.24, 2.45) is 0 Å². The zero-order valence-corrected chi connectivity index (χ0v) is 24.0. The summed E-state index contributed by atoms with van der Waals surface area (Å²) in [4.78, 5) is 65.0. The largest absolute Gasteiger partial charge is 0.347 e. The van der Waals surface area contributed by atoms with Crippen molar-refractivity contribution in [3.8, 4) is 0 Å². The van der Waals surface area contributed by atoms with Crippen molar-refractivity contribution in [2.45, 2.75) is 95.8 Å². The van der Waals surface area contributed by atoms with Crippen LogP contribution in [0.25, 0.3) is 0 Å². The Labute approximate surface area is 242 Å². The van der Waals surface area contributed by atoms with Gasteiger partial charge in [0.15, 0.2) is 0 Å². The van der Waals surface area contributed by atoms with Crippen LogP contribution < -0.4 is 21.3 Å². The van der Waals surface area contributed by atoms with Gasteiger partial charge in [0.1, 0.15) is 12.1 Å². The molecule has 3 rings (SSSR count). The Hall–Kier alpha value is -4.01. The summed E-state index contributed by atoms with van der Waals surface area (Å²) in [6, 6.07) is 14.9. The zero-order valence-electron chi connectivity index (χ0n) is 24.0. The summed E-state index contributed by atoms with van der Waals surface area (Å²) in [5.41, 5.74) is 1.25. The van der Waals surface area contributed by atoms with Crippen molar-refractivity contribution in [1.82, 2.24) is 21.3 Å². The highest BCUT2D eigenvalue weighted by atomic mass is 16.2. The van der Waals surface area contributed by atoms with Gasteiger partial charge in [0.25, 0.3) is 11.8 Å². The highest BCUT2D eigenvalue weighted by molar-refractivity contribution is 6.38. The number of hydrogen-bond acceptors (Lipinski definition) is 5. The zero-order chi connectivity index (χ0) is 29.6. The first-order valence-electron chi connectivity index (χ1n) is 14.6. The van der Waals surface area contributed by atoms with Crippen LogP contribution >= 0.6 is 0 Å². The number of ketones is 1. The van der Waals surface area contributed by atoms with Crippen LogP contribution in [0.1, 0.15) is 81.1 Å². The molecule has 0 aromatic heterocycles. The number of amides is 4. The fourth-order valence-electron chi connectivity index (χ4n) is 4.91. The van der Waals surface area contributed by atoms with Crippen molar-refractivity contribution < 1.29 is 24.0 Å². The normalized spacial score (nSPS) is 15.6. The average Bonchev–Trinajstić information content (AvgIpc) is 2.99. The van der Waals surface area contributed by atoms with Crippen molar-refractivity contribution in [3.63, 3.8) is 0 Å². The van der Waals surface area contributed by atoms with Crippen LogP contribution in [0.4, 0.5) is 0 Å². The van der Waals surface area contributed by atoms with Gasteiger partial charge >= 0.3 is 0 Å². The lowest BCUT2D eigenvalue weighted by Crippen LogP contribution is -2.56. The maximum Gasteiger partial charge on any atom is 0.289 e. The predicted molar refractivity (Wildman–Crippen MR) is 157 cm³/mol. The maximum absolute atomic E-state index is 13.3. The minimum Gasteiger partial charge on any atom is -0.347 e. The molecule has 220 valence electrons. The van der Waals surface area contributed by atoms with Gasteiger partial charge in [0.2, 0.25) is 17.6 Å². The van der Waals surface area contributed by atoms with E-state index in [2.05, 4.69) is 21.3 Å². The fourth-order valence-corrected chi connectivity index (χ4v) is 4.91. The van der Waals surface area contributed by atoms with Crippen LogP contribution in [0.15, 0.2) is 60.7 Å². The molecule has 41 heavy (non-hydrogen) atoms. The number of rotatable bonds is 14. The lowest BCUT2D eigenvalue weighted by molar-refractivity contribution is -0.141. The summed E-state index contributed by atoms with van der Waals surface area (Å²) in [5, 5.41) is 11.0. The third-order valence-electron chi connectivity index (χ3n) is 7.34. The first-order chi connectivity index (χ1) is 19.8. The lowest BCUT2D eigenvalue weighted by atomic mass is 9.95. The van der Waals surface area contributed by atoms with Crippen LogP contribution in [0.5, 0.6) is 0 Å². The summed E-state index contributed by atoms with van der Waals surface area (Å²) in [6.45, 7) is 3.47. The van der Waals surface area contributed by atoms with Gasteiger partial charge in [-0.1, -0.05) is 87.6 Å². The molecule has 1 unspecified atom stereocenters. The molecule has 0 heterocycles. The second-order valence-electron chi connectivity index (χ2n) is 10.7. The Bertz CT molecular complexity index is 1170. The summed E-state index contributed by atoms with van der Waals surface area (Å²) in [5.74, 6) is -2.87. The molecule has 0 aliphatic heterocycles. The SMILES string of the molecule is CCCCC(NC(=O)[C@H](C)NC(=O)[C@@H](Cc1ccccc1)NC(=O)c1ccccc1)C(=O)C(=O)NC1CCCCC1. The Morgan fingerprint density at radius 1 is 0.780 bits per heavy atom. The van der Waals surface area contributed by atoms with Gasteiger partial charge < -0.3 is 21.3 Å². The van der Waals surface area contributed by atoms with E-state index in [0.29, 0.717) is 18.4 Å². The summed E-state index contributed by atoms with van der Waals surface area (Å²) >= 11 is 0. The maximum atomic E-state index is 13.3. The van der Waals surface area contributed by atoms with E-state index < -0.39 is 47.5 Å². The number of unbranched alkanes of at least 4 members (excludes halogenated alkanes) is 1. The van der Waals surface area contributed by atoms with Gasteiger partial charge in [-0.25, -0.2) is 0 Å². The summed E-state index contributed by atoms with van der Waals surface area (Å²) in [7, 11) is 0. The molecule has 1 fully saturated rings. The standard InChI is InChI=1S/C32H42N4O5/c1-3-4-20-26(28(37)32(41)34-25-18-12-7-13-19-25)35-29(38)22(2)33-31(40)27(21-23-14-8-5-9-15-23)36-30(39)24-16-10-6-11-17-24/h5-6,8-11,14-17,22,25-27H,3-4,7,12-13,18-21H2,1-2H3,(H,33,40)(H,34,41)(H,35,38)(H,36,39)/t22-,26?,27+/m0/s1. The topological polar surface area (TPSA) is 133 Å². The van der Waals surface area contributed by atoms with Gasteiger partial charge in [0, 0.05) is 18.0 Å². The molecule has 9 nitrogen and oxygen atoms in total.